The molecule has 0 amide bonds. The van der Waals surface area contributed by atoms with E-state index in [4.69, 9.17) is 11.6 Å². The molecule has 0 radical (unpaired) electrons. The van der Waals surface area contributed by atoms with Gasteiger partial charge in [0.05, 0.1) is 4.87 Å². The molecular formula is C7H9Br2Cl. The molecule has 10 heavy (non-hydrogen) atoms. The summed E-state index contributed by atoms with van der Waals surface area (Å²) in [6.45, 7) is 0. The van der Waals surface area contributed by atoms with Crippen LogP contribution in [0, 0.1) is 5.92 Å². The van der Waals surface area contributed by atoms with Gasteiger partial charge in [-0.05, 0) is 12.8 Å². The first-order chi connectivity index (χ1) is 4.59. The van der Waals surface area contributed by atoms with E-state index in [1.807, 2.05) is 0 Å². The lowest BCUT2D eigenvalue weighted by Gasteiger charge is -2.13. The fourth-order valence-electron chi connectivity index (χ4n) is 1.98. The van der Waals surface area contributed by atoms with Gasteiger partial charge in [0.2, 0.25) is 0 Å². The molecule has 0 aromatic rings. The van der Waals surface area contributed by atoms with Gasteiger partial charge < -0.3 is 0 Å². The van der Waals surface area contributed by atoms with E-state index in [0.29, 0.717) is 5.92 Å². The Hall–Kier alpha value is 1.25. The Balaban J connectivity index is 2.20. The smallest absolute Gasteiger partial charge is 0.104 e. The average molecular weight is 288 g/mol. The van der Waals surface area contributed by atoms with Crippen LogP contribution in [0.1, 0.15) is 25.7 Å². The zero-order valence-electron chi connectivity index (χ0n) is 5.54. The molecule has 0 aromatic heterocycles. The third-order valence-electron chi connectivity index (χ3n) is 2.74. The summed E-state index contributed by atoms with van der Waals surface area (Å²) in [5, 5.41) is 0. The molecule has 0 N–H and O–H groups in total. The highest BCUT2D eigenvalue weighted by molar-refractivity contribution is 9.25. The minimum absolute atomic E-state index is 0.0469. The number of hydrogen-bond donors (Lipinski definition) is 0. The summed E-state index contributed by atoms with van der Waals surface area (Å²) in [4.78, 5) is 0.0469. The molecule has 2 unspecified atom stereocenters. The zero-order chi connectivity index (χ0) is 7.41. The van der Waals surface area contributed by atoms with Crippen LogP contribution >= 0.6 is 43.5 Å². The highest BCUT2D eigenvalue weighted by Gasteiger charge is 2.73. The molecule has 0 saturated heterocycles. The van der Waals surface area contributed by atoms with Gasteiger partial charge >= 0.3 is 0 Å². The third-order valence-corrected chi connectivity index (χ3v) is 6.47. The molecule has 3 heteroatoms. The van der Waals surface area contributed by atoms with E-state index in [1.54, 1.807) is 0 Å². The van der Waals surface area contributed by atoms with Gasteiger partial charge in [0, 0.05) is 5.92 Å². The first-order valence-corrected chi connectivity index (χ1v) is 5.62. The lowest BCUT2D eigenvalue weighted by molar-refractivity contribution is 0.498. The number of halogens is 3. The van der Waals surface area contributed by atoms with Crippen molar-refractivity contribution < 1.29 is 0 Å². The fraction of sp³-hybridized carbons (Fsp3) is 1.00. The summed E-state index contributed by atoms with van der Waals surface area (Å²) < 4.78 is 0.0745. The van der Waals surface area contributed by atoms with Crippen molar-refractivity contribution in [1.82, 2.24) is 0 Å². The monoisotopic (exact) mass is 286 g/mol. The second-order valence-corrected chi connectivity index (χ2v) is 7.52. The molecular weight excluding hydrogens is 279 g/mol. The molecule has 58 valence electrons. The van der Waals surface area contributed by atoms with Crippen molar-refractivity contribution in [2.24, 2.45) is 5.92 Å². The van der Waals surface area contributed by atoms with Crippen molar-refractivity contribution in [2.75, 3.05) is 0 Å². The minimum atomic E-state index is 0.0469. The fourth-order valence-corrected chi connectivity index (χ4v) is 4.69. The van der Waals surface area contributed by atoms with E-state index in [-0.39, 0.29) is 8.11 Å². The Kier molecular flexibility index (Phi) is 1.68. The highest BCUT2D eigenvalue weighted by atomic mass is 79.9. The number of rotatable bonds is 0. The Morgan fingerprint density at radius 3 is 2.40 bits per heavy atom. The van der Waals surface area contributed by atoms with Gasteiger partial charge in [0.1, 0.15) is 3.23 Å². The number of alkyl halides is 3. The van der Waals surface area contributed by atoms with Crippen molar-refractivity contribution in [2.45, 2.75) is 33.8 Å². The molecule has 2 aliphatic carbocycles. The van der Waals surface area contributed by atoms with E-state index in [2.05, 4.69) is 31.9 Å². The van der Waals surface area contributed by atoms with E-state index in [0.717, 1.165) is 6.42 Å². The maximum Gasteiger partial charge on any atom is 0.104 e. The quantitative estimate of drug-likeness (QED) is 0.597. The summed E-state index contributed by atoms with van der Waals surface area (Å²) in [7, 11) is 0. The van der Waals surface area contributed by atoms with Gasteiger partial charge in [-0.15, -0.1) is 11.6 Å². The summed E-state index contributed by atoms with van der Waals surface area (Å²) >= 11 is 13.6. The molecule has 0 aliphatic heterocycles. The van der Waals surface area contributed by atoms with Crippen LogP contribution in [-0.2, 0) is 0 Å². The van der Waals surface area contributed by atoms with Gasteiger partial charge in [0.15, 0.2) is 0 Å². The van der Waals surface area contributed by atoms with Crippen LogP contribution in [0.15, 0.2) is 0 Å². The van der Waals surface area contributed by atoms with Crippen LogP contribution < -0.4 is 0 Å². The lowest BCUT2D eigenvalue weighted by Crippen LogP contribution is -2.10. The van der Waals surface area contributed by atoms with Crippen molar-refractivity contribution >= 4 is 43.5 Å². The molecule has 0 aromatic carbocycles. The minimum Gasteiger partial charge on any atom is -0.116 e. The molecule has 0 heterocycles. The van der Waals surface area contributed by atoms with Gasteiger partial charge in [-0.25, -0.2) is 0 Å². The molecule has 2 atom stereocenters. The maximum absolute atomic E-state index is 6.34. The molecule has 2 saturated carbocycles. The average Bonchev–Trinajstić information content (AvgIpc) is 2.30. The maximum atomic E-state index is 6.34. The standard InChI is InChI=1S/C7H9Br2Cl/c8-7(9)5-3-1-2-4-6(5,7)10/h5H,1-4H2. The Morgan fingerprint density at radius 2 is 2.00 bits per heavy atom. The van der Waals surface area contributed by atoms with Crippen molar-refractivity contribution in [3.63, 3.8) is 0 Å². The largest absolute Gasteiger partial charge is 0.116 e. The molecule has 2 rings (SSSR count). The predicted octanol–water partition coefficient (Wildman–Crippen LogP) is 3.65. The molecule has 0 nitrogen and oxygen atoms in total. The second-order valence-electron chi connectivity index (χ2n) is 3.28. The molecule has 0 spiro atoms. The Morgan fingerprint density at radius 1 is 1.30 bits per heavy atom. The van der Waals surface area contributed by atoms with Crippen LogP contribution in [0.4, 0.5) is 0 Å². The SMILES string of the molecule is ClC12CCCCC1C2(Br)Br. The van der Waals surface area contributed by atoms with E-state index in [9.17, 15) is 0 Å². The summed E-state index contributed by atoms with van der Waals surface area (Å²) in [5.41, 5.74) is 0. The van der Waals surface area contributed by atoms with E-state index >= 15 is 0 Å². The third kappa shape index (κ3) is 0.789. The second kappa shape index (κ2) is 2.14. The predicted molar refractivity (Wildman–Crippen MR) is 51.1 cm³/mol. The summed E-state index contributed by atoms with van der Waals surface area (Å²) in [5.74, 6) is 0.662. The number of hydrogen-bond acceptors (Lipinski definition) is 0. The van der Waals surface area contributed by atoms with Crippen LogP contribution in [0.5, 0.6) is 0 Å². The normalized spacial score (nSPS) is 50.1. The van der Waals surface area contributed by atoms with Crippen LogP contribution in [0.25, 0.3) is 0 Å². The van der Waals surface area contributed by atoms with Crippen molar-refractivity contribution in [3.8, 4) is 0 Å². The van der Waals surface area contributed by atoms with Crippen LogP contribution in [-0.4, -0.2) is 8.11 Å². The highest BCUT2D eigenvalue weighted by Crippen LogP contribution is 2.73. The molecule has 2 aliphatic rings. The van der Waals surface area contributed by atoms with Crippen LogP contribution in [0.2, 0.25) is 0 Å². The summed E-state index contributed by atoms with van der Waals surface area (Å²) in [6, 6.07) is 0. The van der Waals surface area contributed by atoms with Gasteiger partial charge in [-0.2, -0.15) is 0 Å². The van der Waals surface area contributed by atoms with E-state index < -0.39 is 0 Å². The first kappa shape index (κ1) is 7.88. The van der Waals surface area contributed by atoms with E-state index in [1.165, 1.54) is 19.3 Å². The Bertz CT molecular complexity index is 169. The zero-order valence-corrected chi connectivity index (χ0v) is 9.47. The topological polar surface area (TPSA) is 0 Å². The Labute approximate surface area is 83.0 Å². The first-order valence-electron chi connectivity index (χ1n) is 3.66. The van der Waals surface area contributed by atoms with Gasteiger partial charge in [-0.3, -0.25) is 0 Å². The number of fused-ring (bicyclic) bond motifs is 1. The van der Waals surface area contributed by atoms with Crippen molar-refractivity contribution in [1.29, 1.82) is 0 Å². The van der Waals surface area contributed by atoms with Gasteiger partial charge in [0.25, 0.3) is 0 Å². The molecule has 2 fully saturated rings. The van der Waals surface area contributed by atoms with Crippen molar-refractivity contribution in [3.05, 3.63) is 0 Å². The summed E-state index contributed by atoms with van der Waals surface area (Å²) in [6.07, 6.45) is 5.08. The lowest BCUT2D eigenvalue weighted by atomic mass is 10.0. The van der Waals surface area contributed by atoms with Crippen LogP contribution in [0.3, 0.4) is 0 Å². The molecule has 0 bridgehead atoms. The van der Waals surface area contributed by atoms with Gasteiger partial charge in [-0.1, -0.05) is 44.7 Å².